The molecule has 0 unspecified atom stereocenters. The SMILES string of the molecule is Fc1ccc([C@@H]2CCCCN2Cc2cn[nH]c2-c2ccc3c(c2)OCO3)cc1. The maximum atomic E-state index is 13.3. The summed E-state index contributed by atoms with van der Waals surface area (Å²) in [5.74, 6) is 1.35. The summed E-state index contributed by atoms with van der Waals surface area (Å²) in [6, 6.07) is 13.2. The summed E-state index contributed by atoms with van der Waals surface area (Å²) in [6.07, 6.45) is 5.35. The van der Waals surface area contributed by atoms with Crippen LogP contribution in [0.2, 0.25) is 0 Å². The molecule has 144 valence electrons. The zero-order valence-corrected chi connectivity index (χ0v) is 15.5. The number of benzene rings is 2. The number of hydrogen-bond acceptors (Lipinski definition) is 4. The number of nitrogens with one attached hydrogen (secondary N) is 1. The van der Waals surface area contributed by atoms with Crippen LogP contribution in [0, 0.1) is 5.82 Å². The molecular formula is C22H22FN3O2. The Labute approximate surface area is 163 Å². The lowest BCUT2D eigenvalue weighted by Crippen LogP contribution is -2.33. The first-order valence-electron chi connectivity index (χ1n) is 9.70. The van der Waals surface area contributed by atoms with Gasteiger partial charge < -0.3 is 9.47 Å². The van der Waals surface area contributed by atoms with Crippen molar-refractivity contribution in [2.45, 2.75) is 31.8 Å². The van der Waals surface area contributed by atoms with E-state index >= 15 is 0 Å². The van der Waals surface area contributed by atoms with Crippen LogP contribution in [0.25, 0.3) is 11.3 Å². The van der Waals surface area contributed by atoms with Gasteiger partial charge in [0.15, 0.2) is 11.5 Å². The topological polar surface area (TPSA) is 50.4 Å². The molecule has 0 saturated carbocycles. The van der Waals surface area contributed by atoms with Crippen molar-refractivity contribution >= 4 is 0 Å². The van der Waals surface area contributed by atoms with Gasteiger partial charge in [-0.05, 0) is 55.3 Å². The summed E-state index contributed by atoms with van der Waals surface area (Å²) >= 11 is 0. The number of aromatic amines is 1. The fraction of sp³-hybridized carbons (Fsp3) is 0.318. The summed E-state index contributed by atoms with van der Waals surface area (Å²) in [4.78, 5) is 2.47. The highest BCUT2D eigenvalue weighted by molar-refractivity contribution is 5.67. The second-order valence-electron chi connectivity index (χ2n) is 7.37. The van der Waals surface area contributed by atoms with Gasteiger partial charge in [-0.25, -0.2) is 4.39 Å². The number of ether oxygens (including phenoxy) is 2. The fourth-order valence-corrected chi connectivity index (χ4v) is 4.19. The predicted molar refractivity (Wildman–Crippen MR) is 104 cm³/mol. The average molecular weight is 379 g/mol. The standard InChI is InChI=1S/C22H22FN3O2/c23-18-7-4-15(5-8-18)19-3-1-2-10-26(19)13-17-12-24-25-22(17)16-6-9-20-21(11-16)28-14-27-20/h4-9,11-12,19H,1-3,10,13-14H2,(H,24,25)/t19-/m0/s1. The van der Waals surface area contributed by atoms with Crippen molar-refractivity contribution in [2.24, 2.45) is 0 Å². The third-order valence-corrected chi connectivity index (χ3v) is 5.62. The van der Waals surface area contributed by atoms with Gasteiger partial charge in [0.05, 0.1) is 11.9 Å². The van der Waals surface area contributed by atoms with Gasteiger partial charge in [0.2, 0.25) is 6.79 Å². The number of fused-ring (bicyclic) bond motifs is 1. The second-order valence-corrected chi connectivity index (χ2v) is 7.37. The van der Waals surface area contributed by atoms with E-state index in [2.05, 4.69) is 15.1 Å². The molecule has 5 rings (SSSR count). The lowest BCUT2D eigenvalue weighted by molar-refractivity contribution is 0.140. The molecule has 0 radical (unpaired) electrons. The molecule has 2 aliphatic heterocycles. The molecule has 0 amide bonds. The van der Waals surface area contributed by atoms with E-state index in [1.54, 1.807) is 12.1 Å². The Bertz CT molecular complexity index is 970. The van der Waals surface area contributed by atoms with Crippen LogP contribution in [-0.2, 0) is 6.54 Å². The zero-order chi connectivity index (χ0) is 18.9. The van der Waals surface area contributed by atoms with Crippen molar-refractivity contribution in [1.29, 1.82) is 0 Å². The van der Waals surface area contributed by atoms with Crippen LogP contribution in [0.5, 0.6) is 11.5 Å². The number of aromatic nitrogens is 2. The molecule has 0 spiro atoms. The maximum absolute atomic E-state index is 13.3. The van der Waals surface area contributed by atoms with Gasteiger partial charge in [0.1, 0.15) is 5.82 Å². The Balaban J connectivity index is 1.41. The highest BCUT2D eigenvalue weighted by Gasteiger charge is 2.25. The number of rotatable bonds is 4. The second kappa shape index (κ2) is 7.28. The van der Waals surface area contributed by atoms with E-state index in [1.165, 1.54) is 18.4 Å². The fourth-order valence-electron chi connectivity index (χ4n) is 4.19. The molecule has 0 aliphatic carbocycles. The Morgan fingerprint density at radius 1 is 1.07 bits per heavy atom. The van der Waals surface area contributed by atoms with Crippen molar-refractivity contribution in [3.8, 4) is 22.8 Å². The summed E-state index contributed by atoms with van der Waals surface area (Å²) in [6.45, 7) is 2.08. The van der Waals surface area contributed by atoms with Crippen LogP contribution < -0.4 is 9.47 Å². The van der Waals surface area contributed by atoms with Crippen molar-refractivity contribution < 1.29 is 13.9 Å². The van der Waals surface area contributed by atoms with E-state index in [1.807, 2.05) is 36.5 Å². The largest absolute Gasteiger partial charge is 0.454 e. The minimum absolute atomic E-state index is 0.189. The molecule has 1 N–H and O–H groups in total. The Hall–Kier alpha value is -2.86. The minimum atomic E-state index is -0.189. The zero-order valence-electron chi connectivity index (χ0n) is 15.5. The van der Waals surface area contributed by atoms with Crippen molar-refractivity contribution in [3.63, 3.8) is 0 Å². The molecular weight excluding hydrogens is 357 g/mol. The lowest BCUT2D eigenvalue weighted by atomic mass is 9.94. The number of H-pyrrole nitrogens is 1. The van der Waals surface area contributed by atoms with Crippen LogP contribution in [0.4, 0.5) is 4.39 Å². The van der Waals surface area contributed by atoms with E-state index in [-0.39, 0.29) is 12.6 Å². The highest BCUT2D eigenvalue weighted by Crippen LogP contribution is 2.37. The smallest absolute Gasteiger partial charge is 0.231 e. The van der Waals surface area contributed by atoms with Crippen LogP contribution in [0.15, 0.2) is 48.7 Å². The third-order valence-electron chi connectivity index (χ3n) is 5.62. The molecule has 2 aliphatic rings. The number of piperidine rings is 1. The summed E-state index contributed by atoms with van der Waals surface area (Å²) in [5.41, 5.74) is 4.36. The molecule has 3 aromatic rings. The lowest BCUT2D eigenvalue weighted by Gasteiger charge is -2.36. The molecule has 5 nitrogen and oxygen atoms in total. The molecule has 0 bridgehead atoms. The van der Waals surface area contributed by atoms with Crippen molar-refractivity contribution in [2.75, 3.05) is 13.3 Å². The normalized spacial score (nSPS) is 19.1. The number of halogens is 1. The molecule has 6 heteroatoms. The van der Waals surface area contributed by atoms with Crippen LogP contribution in [-0.4, -0.2) is 28.4 Å². The first kappa shape index (κ1) is 17.3. The molecule has 1 fully saturated rings. The van der Waals surface area contributed by atoms with Crippen molar-refractivity contribution in [1.82, 2.24) is 15.1 Å². The van der Waals surface area contributed by atoms with Gasteiger partial charge in [-0.3, -0.25) is 10.00 Å². The molecule has 1 atom stereocenters. The highest BCUT2D eigenvalue weighted by atomic mass is 19.1. The van der Waals surface area contributed by atoms with E-state index in [9.17, 15) is 4.39 Å². The van der Waals surface area contributed by atoms with Gasteiger partial charge in [-0.2, -0.15) is 5.10 Å². The molecule has 1 aromatic heterocycles. The number of nitrogens with zero attached hydrogens (tertiary/aromatic N) is 2. The van der Waals surface area contributed by atoms with E-state index in [0.717, 1.165) is 47.8 Å². The molecule has 3 heterocycles. The van der Waals surface area contributed by atoms with E-state index in [0.29, 0.717) is 6.04 Å². The Morgan fingerprint density at radius 2 is 1.93 bits per heavy atom. The summed E-state index contributed by atoms with van der Waals surface area (Å²) < 4.78 is 24.3. The summed E-state index contributed by atoms with van der Waals surface area (Å²) in [5, 5.41) is 7.44. The Kier molecular flexibility index (Phi) is 4.49. The van der Waals surface area contributed by atoms with E-state index < -0.39 is 0 Å². The first-order valence-corrected chi connectivity index (χ1v) is 9.70. The quantitative estimate of drug-likeness (QED) is 0.716. The maximum Gasteiger partial charge on any atom is 0.231 e. The number of likely N-dealkylation sites (tertiary alicyclic amines) is 1. The first-order chi connectivity index (χ1) is 13.8. The third kappa shape index (κ3) is 3.24. The van der Waals surface area contributed by atoms with Gasteiger partial charge >= 0.3 is 0 Å². The van der Waals surface area contributed by atoms with E-state index in [4.69, 9.17) is 9.47 Å². The molecule has 2 aromatic carbocycles. The van der Waals surface area contributed by atoms with Crippen LogP contribution >= 0.6 is 0 Å². The van der Waals surface area contributed by atoms with Gasteiger partial charge in [-0.1, -0.05) is 18.6 Å². The van der Waals surface area contributed by atoms with Crippen LogP contribution in [0.3, 0.4) is 0 Å². The minimum Gasteiger partial charge on any atom is -0.454 e. The predicted octanol–water partition coefficient (Wildman–Crippen LogP) is 4.67. The van der Waals surface area contributed by atoms with Gasteiger partial charge in [-0.15, -0.1) is 0 Å². The van der Waals surface area contributed by atoms with Crippen LogP contribution in [0.1, 0.15) is 36.4 Å². The van der Waals surface area contributed by atoms with Gasteiger partial charge in [0.25, 0.3) is 0 Å². The summed E-state index contributed by atoms with van der Waals surface area (Å²) in [7, 11) is 0. The van der Waals surface area contributed by atoms with Crippen molar-refractivity contribution in [3.05, 3.63) is 65.6 Å². The molecule has 28 heavy (non-hydrogen) atoms. The monoisotopic (exact) mass is 379 g/mol. The average Bonchev–Trinajstić information content (AvgIpc) is 3.38. The van der Waals surface area contributed by atoms with Gasteiger partial charge in [0, 0.05) is 23.7 Å². The Morgan fingerprint density at radius 3 is 2.82 bits per heavy atom. The molecule has 1 saturated heterocycles. The number of hydrogen-bond donors (Lipinski definition) is 1.